The molecule has 2 aromatic rings. The molecule has 0 saturated heterocycles. The molecule has 1 amide bonds. The monoisotopic (exact) mass is 354 g/mol. The van der Waals surface area contributed by atoms with Gasteiger partial charge in [-0.1, -0.05) is 6.07 Å². The number of hydrogen-bond donors (Lipinski definition) is 1. The lowest BCUT2D eigenvalue weighted by molar-refractivity contribution is -0.384. The van der Waals surface area contributed by atoms with Crippen molar-refractivity contribution in [1.29, 1.82) is 0 Å². The number of nitro benzene ring substituents is 1. The summed E-state index contributed by atoms with van der Waals surface area (Å²) in [7, 11) is 0. The van der Waals surface area contributed by atoms with Gasteiger partial charge in [0.25, 0.3) is 5.69 Å². The summed E-state index contributed by atoms with van der Waals surface area (Å²) in [6.45, 7) is 0. The normalized spacial score (nSPS) is 12.1. The molecule has 0 fully saturated rings. The van der Waals surface area contributed by atoms with Crippen LogP contribution in [-0.2, 0) is 11.0 Å². The van der Waals surface area contributed by atoms with Crippen LogP contribution in [0, 0.1) is 15.9 Å². The van der Waals surface area contributed by atoms with E-state index in [1.165, 1.54) is 12.1 Å². The zero-order valence-corrected chi connectivity index (χ0v) is 12.4. The van der Waals surface area contributed by atoms with Gasteiger partial charge >= 0.3 is 6.18 Å². The molecule has 0 bridgehead atoms. The SMILES string of the molecule is NC(=O)C(=Cc1ccc(F)c(C(F)(F)F)c1)c1ccc([N+](=O)[O-])cc1. The van der Waals surface area contributed by atoms with Crippen LogP contribution in [0.5, 0.6) is 0 Å². The first-order valence-corrected chi connectivity index (χ1v) is 6.72. The zero-order chi connectivity index (χ0) is 18.8. The highest BCUT2D eigenvalue weighted by atomic mass is 19.4. The van der Waals surface area contributed by atoms with Crippen molar-refractivity contribution in [2.75, 3.05) is 0 Å². The van der Waals surface area contributed by atoms with Crippen molar-refractivity contribution in [2.45, 2.75) is 6.18 Å². The van der Waals surface area contributed by atoms with E-state index in [4.69, 9.17) is 5.73 Å². The van der Waals surface area contributed by atoms with Gasteiger partial charge in [0.15, 0.2) is 0 Å². The van der Waals surface area contributed by atoms with Crippen molar-refractivity contribution in [1.82, 2.24) is 0 Å². The van der Waals surface area contributed by atoms with Gasteiger partial charge in [-0.25, -0.2) is 4.39 Å². The van der Waals surface area contributed by atoms with Crippen molar-refractivity contribution >= 4 is 23.2 Å². The zero-order valence-electron chi connectivity index (χ0n) is 12.4. The van der Waals surface area contributed by atoms with E-state index in [0.29, 0.717) is 12.1 Å². The number of nitrogens with two attached hydrogens (primary N) is 1. The molecule has 130 valence electrons. The third-order valence-electron chi connectivity index (χ3n) is 3.26. The lowest BCUT2D eigenvalue weighted by atomic mass is 10.0. The van der Waals surface area contributed by atoms with Crippen LogP contribution in [0.25, 0.3) is 11.6 Å². The van der Waals surface area contributed by atoms with E-state index >= 15 is 0 Å². The number of rotatable bonds is 4. The molecular formula is C16H10F4N2O3. The van der Waals surface area contributed by atoms with Crippen LogP contribution in [0.2, 0.25) is 0 Å². The fourth-order valence-corrected chi connectivity index (χ4v) is 2.08. The molecule has 2 rings (SSSR count). The van der Waals surface area contributed by atoms with Crippen LogP contribution in [-0.4, -0.2) is 10.8 Å². The Labute approximate surface area is 138 Å². The van der Waals surface area contributed by atoms with Gasteiger partial charge in [-0.05, 0) is 41.5 Å². The summed E-state index contributed by atoms with van der Waals surface area (Å²) in [5, 5.41) is 10.6. The van der Waals surface area contributed by atoms with E-state index in [1.807, 2.05) is 0 Å². The summed E-state index contributed by atoms with van der Waals surface area (Å²) in [6.07, 6.45) is -3.84. The summed E-state index contributed by atoms with van der Waals surface area (Å²) >= 11 is 0. The predicted molar refractivity (Wildman–Crippen MR) is 81.6 cm³/mol. The van der Waals surface area contributed by atoms with Crippen molar-refractivity contribution in [3.8, 4) is 0 Å². The Morgan fingerprint density at radius 3 is 2.20 bits per heavy atom. The average Bonchev–Trinajstić information content (AvgIpc) is 2.52. The first-order chi connectivity index (χ1) is 11.6. The van der Waals surface area contributed by atoms with E-state index < -0.39 is 28.4 Å². The van der Waals surface area contributed by atoms with E-state index in [-0.39, 0.29) is 22.4 Å². The lowest BCUT2D eigenvalue weighted by Crippen LogP contribution is -2.13. The first-order valence-electron chi connectivity index (χ1n) is 6.72. The average molecular weight is 354 g/mol. The summed E-state index contributed by atoms with van der Waals surface area (Å²) < 4.78 is 51.6. The molecule has 0 aromatic heterocycles. The summed E-state index contributed by atoms with van der Waals surface area (Å²) in [5.74, 6) is -2.40. The van der Waals surface area contributed by atoms with Crippen LogP contribution >= 0.6 is 0 Å². The quantitative estimate of drug-likeness (QED) is 0.298. The number of amides is 1. The largest absolute Gasteiger partial charge is 0.419 e. The molecule has 0 unspecified atom stereocenters. The second kappa shape index (κ2) is 6.71. The highest BCUT2D eigenvalue weighted by molar-refractivity contribution is 6.23. The highest BCUT2D eigenvalue weighted by Gasteiger charge is 2.34. The Morgan fingerprint density at radius 1 is 1.12 bits per heavy atom. The molecule has 0 spiro atoms. The number of hydrogen-bond acceptors (Lipinski definition) is 3. The second-order valence-corrected chi connectivity index (χ2v) is 4.96. The fraction of sp³-hybridized carbons (Fsp3) is 0.0625. The van der Waals surface area contributed by atoms with Gasteiger partial charge in [0.05, 0.1) is 10.5 Å². The van der Waals surface area contributed by atoms with Crippen LogP contribution in [0.3, 0.4) is 0 Å². The minimum Gasteiger partial charge on any atom is -0.366 e. The molecule has 0 aliphatic heterocycles. The molecule has 0 aliphatic carbocycles. The van der Waals surface area contributed by atoms with Gasteiger partial charge in [0.1, 0.15) is 5.82 Å². The fourth-order valence-electron chi connectivity index (χ4n) is 2.08. The van der Waals surface area contributed by atoms with E-state index in [0.717, 1.165) is 24.3 Å². The number of carbonyl (C=O) groups is 1. The van der Waals surface area contributed by atoms with Crippen LogP contribution in [0.1, 0.15) is 16.7 Å². The number of benzene rings is 2. The number of carbonyl (C=O) groups excluding carboxylic acids is 1. The maximum absolute atomic E-state index is 13.3. The smallest absolute Gasteiger partial charge is 0.366 e. The Morgan fingerprint density at radius 2 is 1.72 bits per heavy atom. The summed E-state index contributed by atoms with van der Waals surface area (Å²) in [4.78, 5) is 21.6. The lowest BCUT2D eigenvalue weighted by Gasteiger charge is -2.09. The number of nitro groups is 1. The number of alkyl halides is 3. The first kappa shape index (κ1) is 18.1. The Bertz CT molecular complexity index is 859. The molecule has 25 heavy (non-hydrogen) atoms. The minimum absolute atomic E-state index is 0.0964. The van der Waals surface area contributed by atoms with Gasteiger partial charge in [0.2, 0.25) is 5.91 Å². The molecule has 0 aliphatic rings. The Hall–Kier alpha value is -3.23. The van der Waals surface area contributed by atoms with Gasteiger partial charge in [-0.3, -0.25) is 14.9 Å². The summed E-state index contributed by atoms with van der Waals surface area (Å²) in [5.41, 5.74) is 3.43. The van der Waals surface area contributed by atoms with Gasteiger partial charge in [0, 0.05) is 17.7 Å². The number of nitrogens with zero attached hydrogens (tertiary/aromatic N) is 1. The second-order valence-electron chi connectivity index (χ2n) is 4.96. The van der Waals surface area contributed by atoms with Gasteiger partial charge < -0.3 is 5.73 Å². The Kier molecular flexibility index (Phi) is 4.87. The summed E-state index contributed by atoms with van der Waals surface area (Å²) in [6, 6.07) is 6.95. The molecule has 2 aromatic carbocycles. The topological polar surface area (TPSA) is 86.2 Å². The predicted octanol–water partition coefficient (Wildman–Crippen LogP) is 3.78. The van der Waals surface area contributed by atoms with E-state index in [2.05, 4.69) is 0 Å². The number of non-ortho nitro benzene ring substituents is 1. The molecule has 9 heteroatoms. The molecule has 0 radical (unpaired) electrons. The van der Waals surface area contributed by atoms with Crippen LogP contribution in [0.4, 0.5) is 23.2 Å². The molecular weight excluding hydrogens is 344 g/mol. The van der Waals surface area contributed by atoms with E-state index in [9.17, 15) is 32.5 Å². The van der Waals surface area contributed by atoms with Crippen molar-refractivity contribution in [3.05, 3.63) is 75.1 Å². The molecule has 2 N–H and O–H groups in total. The maximum Gasteiger partial charge on any atom is 0.419 e. The number of primary amides is 1. The number of halogens is 4. The van der Waals surface area contributed by atoms with Crippen LogP contribution < -0.4 is 5.73 Å². The molecule has 0 saturated carbocycles. The van der Waals surface area contributed by atoms with Crippen LogP contribution in [0.15, 0.2) is 42.5 Å². The molecule has 5 nitrogen and oxygen atoms in total. The van der Waals surface area contributed by atoms with Gasteiger partial charge in [-0.2, -0.15) is 13.2 Å². The maximum atomic E-state index is 13.3. The third-order valence-corrected chi connectivity index (χ3v) is 3.26. The van der Waals surface area contributed by atoms with Gasteiger partial charge in [-0.15, -0.1) is 0 Å². The van der Waals surface area contributed by atoms with Crippen molar-refractivity contribution < 1.29 is 27.3 Å². The minimum atomic E-state index is -4.89. The highest BCUT2D eigenvalue weighted by Crippen LogP contribution is 2.32. The molecule has 0 atom stereocenters. The third kappa shape index (κ3) is 4.19. The van der Waals surface area contributed by atoms with E-state index in [1.54, 1.807) is 0 Å². The van der Waals surface area contributed by atoms with Crippen molar-refractivity contribution in [3.63, 3.8) is 0 Å². The van der Waals surface area contributed by atoms with Crippen molar-refractivity contribution in [2.24, 2.45) is 5.73 Å². The standard InChI is InChI=1S/C16H10F4N2O3/c17-14-6-1-9(8-13(14)16(18,19)20)7-12(15(21)23)10-2-4-11(5-3-10)22(24)25/h1-8H,(H2,21,23). The Balaban J connectivity index is 2.51. The molecule has 0 heterocycles.